The Hall–Kier alpha value is -2.71. The van der Waals surface area contributed by atoms with Crippen LogP contribution in [0.5, 0.6) is 5.88 Å². The molecule has 0 atom stereocenters. The summed E-state index contributed by atoms with van der Waals surface area (Å²) in [5.74, 6) is 0.726. The summed E-state index contributed by atoms with van der Waals surface area (Å²) in [4.78, 5) is 11.7. The first-order chi connectivity index (χ1) is 10.8. The highest BCUT2D eigenvalue weighted by Gasteiger charge is 2.30. The molecule has 1 aromatic heterocycles. The molecule has 2 rings (SSSR count). The molecule has 6 nitrogen and oxygen atoms in total. The summed E-state index contributed by atoms with van der Waals surface area (Å²) in [6, 6.07) is 5.70. The van der Waals surface area contributed by atoms with Crippen molar-refractivity contribution in [1.29, 1.82) is 0 Å². The summed E-state index contributed by atoms with van der Waals surface area (Å²) >= 11 is 0. The van der Waals surface area contributed by atoms with Gasteiger partial charge in [-0.25, -0.2) is 9.48 Å². The number of alkyl halides is 3. The maximum Gasteiger partial charge on any atom is 0.416 e. The Morgan fingerprint density at radius 3 is 2.70 bits per heavy atom. The second-order valence-electron chi connectivity index (χ2n) is 4.70. The summed E-state index contributed by atoms with van der Waals surface area (Å²) in [6.45, 7) is -0.0419. The Bertz CT molecular complexity index is 698. The van der Waals surface area contributed by atoms with Crippen LogP contribution in [0.1, 0.15) is 11.1 Å². The smallest absolute Gasteiger partial charge is 0.416 e. The number of carbonyl (C=O) groups is 1. The zero-order chi connectivity index (χ0) is 17.0. The molecule has 0 bridgehead atoms. The van der Waals surface area contributed by atoms with E-state index in [1.807, 2.05) is 0 Å². The second-order valence-corrected chi connectivity index (χ2v) is 4.70. The van der Waals surface area contributed by atoms with Gasteiger partial charge in [0, 0.05) is 19.7 Å². The van der Waals surface area contributed by atoms with E-state index in [0.29, 0.717) is 11.4 Å². The maximum absolute atomic E-state index is 12.6. The molecular formula is C14H15F3N4O2. The van der Waals surface area contributed by atoms with E-state index >= 15 is 0 Å². The molecule has 0 saturated carbocycles. The van der Waals surface area contributed by atoms with Crippen LogP contribution in [0.25, 0.3) is 0 Å². The molecule has 23 heavy (non-hydrogen) atoms. The highest BCUT2D eigenvalue weighted by atomic mass is 19.4. The van der Waals surface area contributed by atoms with Gasteiger partial charge in [0.2, 0.25) is 5.88 Å². The van der Waals surface area contributed by atoms with Gasteiger partial charge >= 0.3 is 12.2 Å². The molecule has 0 saturated heterocycles. The molecule has 1 heterocycles. The van der Waals surface area contributed by atoms with Crippen molar-refractivity contribution < 1.29 is 22.7 Å². The highest BCUT2D eigenvalue weighted by Crippen LogP contribution is 2.29. The fourth-order valence-electron chi connectivity index (χ4n) is 1.90. The minimum Gasteiger partial charge on any atom is -0.481 e. The molecule has 124 valence electrons. The molecule has 0 unspecified atom stereocenters. The molecule has 2 amide bonds. The number of nitrogens with one attached hydrogen (secondary N) is 2. The third-order valence-corrected chi connectivity index (χ3v) is 2.99. The van der Waals surface area contributed by atoms with E-state index in [-0.39, 0.29) is 12.4 Å². The standard InChI is InChI=1S/C14H15F3N4O2/c1-21-12(23-2)7-11(20-21)19-13(22)18-8-9-4-3-5-10(6-9)14(15,16)17/h3-7H,8H2,1-2H3,(H2,18,19,20,22). The van der Waals surface area contributed by atoms with Crippen LogP contribution in [0, 0.1) is 0 Å². The molecule has 0 aliphatic heterocycles. The first kappa shape index (κ1) is 16.7. The van der Waals surface area contributed by atoms with Crippen LogP contribution < -0.4 is 15.4 Å². The fourth-order valence-corrected chi connectivity index (χ4v) is 1.90. The molecule has 0 spiro atoms. The van der Waals surface area contributed by atoms with E-state index in [4.69, 9.17) is 4.74 Å². The third-order valence-electron chi connectivity index (χ3n) is 2.99. The van der Waals surface area contributed by atoms with Crippen LogP contribution in [0.2, 0.25) is 0 Å². The van der Waals surface area contributed by atoms with Gasteiger partial charge < -0.3 is 10.1 Å². The van der Waals surface area contributed by atoms with Gasteiger partial charge in [0.15, 0.2) is 5.82 Å². The van der Waals surface area contributed by atoms with E-state index < -0.39 is 17.8 Å². The van der Waals surface area contributed by atoms with Crippen LogP contribution in [0.4, 0.5) is 23.8 Å². The summed E-state index contributed by atoms with van der Waals surface area (Å²) < 4.78 is 44.3. The minimum atomic E-state index is -4.41. The van der Waals surface area contributed by atoms with E-state index in [1.165, 1.54) is 30.0 Å². The number of aryl methyl sites for hydroxylation is 1. The number of carbonyl (C=O) groups excluding carboxylic acids is 1. The lowest BCUT2D eigenvalue weighted by Gasteiger charge is -2.09. The molecule has 0 aliphatic carbocycles. The van der Waals surface area contributed by atoms with Crippen LogP contribution in [0.3, 0.4) is 0 Å². The number of urea groups is 1. The van der Waals surface area contributed by atoms with Crippen molar-refractivity contribution in [2.75, 3.05) is 12.4 Å². The van der Waals surface area contributed by atoms with Crippen molar-refractivity contribution in [2.45, 2.75) is 12.7 Å². The van der Waals surface area contributed by atoms with Gasteiger partial charge in [-0.3, -0.25) is 5.32 Å². The number of halogens is 3. The largest absolute Gasteiger partial charge is 0.481 e. The van der Waals surface area contributed by atoms with Gasteiger partial charge in [-0.2, -0.15) is 18.3 Å². The van der Waals surface area contributed by atoms with E-state index in [2.05, 4.69) is 15.7 Å². The van der Waals surface area contributed by atoms with Crippen molar-refractivity contribution >= 4 is 11.8 Å². The molecular weight excluding hydrogens is 313 g/mol. The Morgan fingerprint density at radius 1 is 1.35 bits per heavy atom. The molecule has 1 aromatic carbocycles. The topological polar surface area (TPSA) is 68.2 Å². The van der Waals surface area contributed by atoms with Crippen molar-refractivity contribution in [2.24, 2.45) is 7.05 Å². The van der Waals surface area contributed by atoms with Gasteiger partial charge in [0.25, 0.3) is 0 Å². The van der Waals surface area contributed by atoms with Gasteiger partial charge in [-0.05, 0) is 17.7 Å². The van der Waals surface area contributed by atoms with Crippen molar-refractivity contribution in [1.82, 2.24) is 15.1 Å². The van der Waals surface area contributed by atoms with Crippen molar-refractivity contribution in [3.8, 4) is 5.88 Å². The van der Waals surface area contributed by atoms with Crippen molar-refractivity contribution in [3.63, 3.8) is 0 Å². The number of anilines is 1. The number of ether oxygens (including phenoxy) is 1. The van der Waals surface area contributed by atoms with Crippen LogP contribution in [-0.4, -0.2) is 22.9 Å². The molecule has 0 radical (unpaired) electrons. The molecule has 2 aromatic rings. The summed E-state index contributed by atoms with van der Waals surface area (Å²) in [5, 5.41) is 8.93. The van der Waals surface area contributed by atoms with E-state index in [9.17, 15) is 18.0 Å². The van der Waals surface area contributed by atoms with E-state index in [0.717, 1.165) is 12.1 Å². The fraction of sp³-hybridized carbons (Fsp3) is 0.286. The lowest BCUT2D eigenvalue weighted by molar-refractivity contribution is -0.137. The number of methoxy groups -OCH3 is 1. The Balaban J connectivity index is 1.94. The maximum atomic E-state index is 12.6. The minimum absolute atomic E-state index is 0.0419. The Morgan fingerprint density at radius 2 is 2.09 bits per heavy atom. The summed E-state index contributed by atoms with van der Waals surface area (Å²) in [7, 11) is 3.11. The average Bonchev–Trinajstić information content (AvgIpc) is 2.84. The third kappa shape index (κ3) is 4.38. The average molecular weight is 328 g/mol. The summed E-state index contributed by atoms with van der Waals surface area (Å²) in [6.07, 6.45) is -4.41. The van der Waals surface area contributed by atoms with Crippen molar-refractivity contribution in [3.05, 3.63) is 41.5 Å². The van der Waals surface area contributed by atoms with Gasteiger partial charge in [-0.1, -0.05) is 12.1 Å². The molecule has 0 aliphatic rings. The molecule has 0 fully saturated rings. The lowest BCUT2D eigenvalue weighted by atomic mass is 10.1. The number of nitrogens with zero attached hydrogens (tertiary/aromatic N) is 2. The first-order valence-electron chi connectivity index (χ1n) is 6.58. The van der Waals surface area contributed by atoms with Gasteiger partial charge in [0.05, 0.1) is 12.7 Å². The number of hydrogen-bond donors (Lipinski definition) is 2. The predicted octanol–water partition coefficient (Wildman–Crippen LogP) is 2.77. The second kappa shape index (κ2) is 6.59. The molecule has 9 heteroatoms. The van der Waals surface area contributed by atoms with Gasteiger partial charge in [0.1, 0.15) is 0 Å². The first-order valence-corrected chi connectivity index (χ1v) is 6.58. The van der Waals surface area contributed by atoms with E-state index in [1.54, 1.807) is 7.05 Å². The van der Waals surface area contributed by atoms with Crippen LogP contribution >= 0.6 is 0 Å². The molecule has 2 N–H and O–H groups in total. The Labute approximate surface area is 130 Å². The van der Waals surface area contributed by atoms with Crippen LogP contribution in [0.15, 0.2) is 30.3 Å². The predicted molar refractivity (Wildman–Crippen MR) is 77.1 cm³/mol. The monoisotopic (exact) mass is 328 g/mol. The van der Waals surface area contributed by atoms with Crippen LogP contribution in [-0.2, 0) is 19.8 Å². The highest BCUT2D eigenvalue weighted by molar-refractivity contribution is 5.88. The number of hydrogen-bond acceptors (Lipinski definition) is 3. The Kier molecular flexibility index (Phi) is 4.77. The zero-order valence-corrected chi connectivity index (χ0v) is 12.4. The normalized spacial score (nSPS) is 11.2. The van der Waals surface area contributed by atoms with Gasteiger partial charge in [-0.15, -0.1) is 0 Å². The quantitative estimate of drug-likeness (QED) is 0.907. The number of amides is 2. The lowest BCUT2D eigenvalue weighted by Crippen LogP contribution is -2.28. The number of benzene rings is 1. The SMILES string of the molecule is COc1cc(NC(=O)NCc2cccc(C(F)(F)F)c2)nn1C. The number of rotatable bonds is 4. The zero-order valence-electron chi connectivity index (χ0n) is 12.4. The summed E-state index contributed by atoms with van der Waals surface area (Å²) in [5.41, 5.74) is -0.416. The number of aromatic nitrogens is 2.